The highest BCUT2D eigenvalue weighted by atomic mass is 16.5. The van der Waals surface area contributed by atoms with Crippen molar-refractivity contribution in [1.29, 1.82) is 0 Å². The van der Waals surface area contributed by atoms with Crippen LogP contribution < -0.4 is 10.1 Å². The number of likely N-dealkylation sites (N-methyl/N-ethyl adjacent to an activating group) is 1. The van der Waals surface area contributed by atoms with Crippen LogP contribution in [0.4, 0.5) is 0 Å². The fourth-order valence-electron chi connectivity index (χ4n) is 1.16. The number of hydrogen-bond acceptors (Lipinski definition) is 3. The van der Waals surface area contributed by atoms with Gasteiger partial charge in [-0.25, -0.2) is 0 Å². The summed E-state index contributed by atoms with van der Waals surface area (Å²) >= 11 is 0. The van der Waals surface area contributed by atoms with Crippen molar-refractivity contribution in [1.82, 2.24) is 5.32 Å². The molecular weight excluding hydrogens is 178 g/mol. The van der Waals surface area contributed by atoms with Crippen LogP contribution in [0.2, 0.25) is 0 Å². The molecule has 0 saturated heterocycles. The van der Waals surface area contributed by atoms with Gasteiger partial charge < -0.3 is 10.1 Å². The second kappa shape index (κ2) is 4.77. The Morgan fingerprint density at radius 3 is 2.79 bits per heavy atom. The van der Waals surface area contributed by atoms with Crippen LogP contribution in [0.3, 0.4) is 0 Å². The summed E-state index contributed by atoms with van der Waals surface area (Å²) in [7, 11) is 3.35. The Morgan fingerprint density at radius 1 is 1.50 bits per heavy atom. The van der Waals surface area contributed by atoms with Crippen molar-refractivity contribution < 1.29 is 9.53 Å². The maximum absolute atomic E-state index is 11.7. The van der Waals surface area contributed by atoms with Gasteiger partial charge in [-0.2, -0.15) is 0 Å². The topological polar surface area (TPSA) is 38.3 Å². The van der Waals surface area contributed by atoms with Crippen LogP contribution in [0.15, 0.2) is 24.3 Å². The predicted molar refractivity (Wildman–Crippen MR) is 55.8 cm³/mol. The molecule has 1 aromatic carbocycles. The van der Waals surface area contributed by atoms with E-state index in [2.05, 4.69) is 5.32 Å². The molecule has 3 nitrogen and oxygen atoms in total. The van der Waals surface area contributed by atoms with Crippen LogP contribution in [0, 0.1) is 0 Å². The summed E-state index contributed by atoms with van der Waals surface area (Å²) in [6.45, 7) is 1.84. The number of carbonyl (C=O) groups is 1. The average molecular weight is 193 g/mol. The fourth-order valence-corrected chi connectivity index (χ4v) is 1.16. The number of nitrogens with one attached hydrogen (secondary N) is 1. The molecule has 0 aliphatic rings. The molecule has 1 N–H and O–H groups in total. The molecule has 0 heterocycles. The smallest absolute Gasteiger partial charge is 0.179 e. The minimum absolute atomic E-state index is 0.0754. The third-order valence-electron chi connectivity index (χ3n) is 2.18. The summed E-state index contributed by atoms with van der Waals surface area (Å²) in [5.74, 6) is 0.783. The Labute approximate surface area is 84.1 Å². The summed E-state index contributed by atoms with van der Waals surface area (Å²) in [5, 5.41) is 2.91. The van der Waals surface area contributed by atoms with Gasteiger partial charge in [0.2, 0.25) is 0 Å². The van der Waals surface area contributed by atoms with Crippen molar-refractivity contribution in [3.63, 3.8) is 0 Å². The van der Waals surface area contributed by atoms with Crippen LogP contribution in [0.25, 0.3) is 0 Å². The third-order valence-corrected chi connectivity index (χ3v) is 2.18. The summed E-state index contributed by atoms with van der Waals surface area (Å²) in [5.41, 5.74) is 0.672. The highest BCUT2D eigenvalue weighted by Gasteiger charge is 2.12. The van der Waals surface area contributed by atoms with Gasteiger partial charge >= 0.3 is 0 Å². The first-order valence-electron chi connectivity index (χ1n) is 4.54. The quantitative estimate of drug-likeness (QED) is 0.736. The Kier molecular flexibility index (Phi) is 3.65. The molecule has 1 atom stereocenters. The number of carbonyl (C=O) groups excluding carboxylic acids is 1. The molecule has 0 radical (unpaired) electrons. The molecule has 76 valence electrons. The van der Waals surface area contributed by atoms with Gasteiger partial charge in [0.15, 0.2) is 5.78 Å². The van der Waals surface area contributed by atoms with Crippen molar-refractivity contribution in [2.24, 2.45) is 0 Å². The van der Waals surface area contributed by atoms with Gasteiger partial charge in [-0.05, 0) is 26.1 Å². The second-order valence-electron chi connectivity index (χ2n) is 3.11. The Balaban J connectivity index is 2.90. The molecule has 0 aromatic heterocycles. The Morgan fingerprint density at radius 2 is 2.21 bits per heavy atom. The molecule has 0 fully saturated rings. The van der Waals surface area contributed by atoms with E-state index in [-0.39, 0.29) is 11.8 Å². The molecule has 0 saturated carbocycles. The standard InChI is InChI=1S/C11H15NO2/c1-8(12-2)11(13)9-5-4-6-10(7-9)14-3/h4-8,12H,1-3H3/t8-/m0/s1. The van der Waals surface area contributed by atoms with Crippen LogP contribution in [0.5, 0.6) is 5.75 Å². The molecule has 1 rings (SSSR count). The summed E-state index contributed by atoms with van der Waals surface area (Å²) in [6.07, 6.45) is 0. The van der Waals surface area contributed by atoms with E-state index in [0.717, 1.165) is 0 Å². The van der Waals surface area contributed by atoms with E-state index in [4.69, 9.17) is 4.74 Å². The van der Waals surface area contributed by atoms with Crippen molar-refractivity contribution in [3.05, 3.63) is 29.8 Å². The van der Waals surface area contributed by atoms with E-state index in [1.807, 2.05) is 19.1 Å². The lowest BCUT2D eigenvalue weighted by atomic mass is 10.1. The molecule has 3 heteroatoms. The molecule has 0 bridgehead atoms. The number of hydrogen-bond donors (Lipinski definition) is 1. The van der Waals surface area contributed by atoms with Crippen molar-refractivity contribution in [2.75, 3.05) is 14.2 Å². The van der Waals surface area contributed by atoms with Gasteiger partial charge in [-0.3, -0.25) is 4.79 Å². The van der Waals surface area contributed by atoms with Gasteiger partial charge in [0.1, 0.15) is 5.75 Å². The SMILES string of the molecule is CN[C@@H](C)C(=O)c1cccc(OC)c1. The van der Waals surface area contributed by atoms with Gasteiger partial charge in [0, 0.05) is 5.56 Å². The first kappa shape index (κ1) is 10.7. The molecule has 1 aromatic rings. The van der Waals surface area contributed by atoms with Crippen molar-refractivity contribution >= 4 is 5.78 Å². The number of rotatable bonds is 4. The minimum atomic E-state index is -0.165. The largest absolute Gasteiger partial charge is 0.497 e. The van der Waals surface area contributed by atoms with Crippen LogP contribution >= 0.6 is 0 Å². The van der Waals surface area contributed by atoms with Crippen LogP contribution in [-0.4, -0.2) is 26.0 Å². The summed E-state index contributed by atoms with van der Waals surface area (Å²) in [6, 6.07) is 7.01. The lowest BCUT2D eigenvalue weighted by Crippen LogP contribution is -2.30. The first-order chi connectivity index (χ1) is 6.69. The Bertz CT molecular complexity index is 323. The molecule has 0 aliphatic heterocycles. The number of ether oxygens (including phenoxy) is 1. The fraction of sp³-hybridized carbons (Fsp3) is 0.364. The maximum Gasteiger partial charge on any atom is 0.179 e. The second-order valence-corrected chi connectivity index (χ2v) is 3.11. The lowest BCUT2D eigenvalue weighted by molar-refractivity contribution is 0.0954. The molecule has 14 heavy (non-hydrogen) atoms. The van der Waals surface area contributed by atoms with E-state index in [1.165, 1.54) is 0 Å². The zero-order valence-corrected chi connectivity index (χ0v) is 8.70. The molecular formula is C11H15NO2. The van der Waals surface area contributed by atoms with E-state index in [0.29, 0.717) is 11.3 Å². The van der Waals surface area contributed by atoms with Crippen LogP contribution in [0.1, 0.15) is 17.3 Å². The van der Waals surface area contributed by atoms with Gasteiger partial charge in [0.25, 0.3) is 0 Å². The van der Waals surface area contributed by atoms with E-state index in [9.17, 15) is 4.79 Å². The van der Waals surface area contributed by atoms with Crippen LogP contribution in [-0.2, 0) is 0 Å². The molecule has 0 amide bonds. The van der Waals surface area contributed by atoms with Gasteiger partial charge in [-0.15, -0.1) is 0 Å². The highest BCUT2D eigenvalue weighted by molar-refractivity contribution is 6.00. The zero-order chi connectivity index (χ0) is 10.6. The monoisotopic (exact) mass is 193 g/mol. The molecule has 0 aliphatic carbocycles. The van der Waals surface area contributed by atoms with Crippen molar-refractivity contribution in [3.8, 4) is 5.75 Å². The first-order valence-corrected chi connectivity index (χ1v) is 4.54. The zero-order valence-electron chi connectivity index (χ0n) is 8.70. The van der Waals surface area contributed by atoms with Gasteiger partial charge in [-0.1, -0.05) is 12.1 Å². The number of methoxy groups -OCH3 is 1. The predicted octanol–water partition coefficient (Wildman–Crippen LogP) is 1.49. The molecule has 0 unspecified atom stereocenters. The summed E-state index contributed by atoms with van der Waals surface area (Å²) < 4.78 is 5.05. The van der Waals surface area contributed by atoms with Gasteiger partial charge in [0.05, 0.1) is 13.2 Å². The van der Waals surface area contributed by atoms with E-state index in [1.54, 1.807) is 26.3 Å². The number of Topliss-reactive ketones (excluding diaryl/α,β-unsaturated/α-hetero) is 1. The lowest BCUT2D eigenvalue weighted by Gasteiger charge is -2.09. The maximum atomic E-state index is 11.7. The minimum Gasteiger partial charge on any atom is -0.497 e. The number of benzene rings is 1. The van der Waals surface area contributed by atoms with E-state index < -0.39 is 0 Å². The highest BCUT2D eigenvalue weighted by Crippen LogP contribution is 2.13. The normalized spacial score (nSPS) is 12.2. The molecule has 0 spiro atoms. The van der Waals surface area contributed by atoms with E-state index >= 15 is 0 Å². The Hall–Kier alpha value is -1.35. The van der Waals surface area contributed by atoms with Crippen molar-refractivity contribution in [2.45, 2.75) is 13.0 Å². The average Bonchev–Trinajstić information content (AvgIpc) is 2.27. The summed E-state index contributed by atoms with van der Waals surface area (Å²) in [4.78, 5) is 11.7. The number of ketones is 1. The third kappa shape index (κ3) is 2.33.